The van der Waals surface area contributed by atoms with Crippen LogP contribution in [0.25, 0.3) is 30.1 Å². The number of aromatic amines is 3. The Morgan fingerprint density at radius 2 is 1.16 bits per heavy atom. The van der Waals surface area contributed by atoms with Gasteiger partial charge in [0.2, 0.25) is 0 Å². The Labute approximate surface area is 178 Å². The number of H-pyrrole nitrogens is 3. The summed E-state index contributed by atoms with van der Waals surface area (Å²) in [6.07, 6.45) is 10.4. The number of nitrogens with one attached hydrogen (secondary N) is 3. The number of nitrogens with zero attached hydrogens (tertiary/aromatic N) is 2. The minimum absolute atomic E-state index is 0.931. The van der Waals surface area contributed by atoms with Gasteiger partial charge in [-0.1, -0.05) is 6.07 Å². The van der Waals surface area contributed by atoms with Crippen LogP contribution < -0.4 is 21.4 Å². The summed E-state index contributed by atoms with van der Waals surface area (Å²) >= 11 is 0. The van der Waals surface area contributed by atoms with Gasteiger partial charge in [-0.2, -0.15) is 0 Å². The maximum absolute atomic E-state index is 4.69. The molecule has 8 bridgehead atoms. The predicted molar refractivity (Wildman–Crippen MR) is 123 cm³/mol. The fourth-order valence-corrected chi connectivity index (χ4v) is 4.10. The molecule has 1 aliphatic rings. The van der Waals surface area contributed by atoms with Crippen molar-refractivity contribution in [3.63, 3.8) is 0 Å². The minimum atomic E-state index is 0.931. The van der Waals surface area contributed by atoms with Crippen molar-refractivity contribution < 1.29 is 0 Å². The van der Waals surface area contributed by atoms with Crippen LogP contribution in [0.4, 0.5) is 0 Å². The smallest absolute Gasteiger partial charge is 0.140 e. The molecule has 0 saturated carbocycles. The Morgan fingerprint density at radius 1 is 0.613 bits per heavy atom. The van der Waals surface area contributed by atoms with Crippen molar-refractivity contribution in [2.75, 3.05) is 0 Å². The standard InChI is InChI=1S/C26H21N5/c1-17-3-2-12-27-26(17)31-24-10-11-25(31)16-23-9-7-21(30-23)14-19-5-4-18(28-19)13-20-6-8-22(15-24)29-20/h2-16,28-30H,1H3. The van der Waals surface area contributed by atoms with Crippen LogP contribution >= 0.6 is 0 Å². The third-order valence-corrected chi connectivity index (χ3v) is 5.56. The quantitative estimate of drug-likeness (QED) is 0.385. The van der Waals surface area contributed by atoms with Crippen LogP contribution in [0.15, 0.2) is 66.9 Å². The molecule has 0 fully saturated rings. The summed E-state index contributed by atoms with van der Waals surface area (Å²) in [4.78, 5) is 15.1. The van der Waals surface area contributed by atoms with E-state index in [-0.39, 0.29) is 0 Å². The highest BCUT2D eigenvalue weighted by molar-refractivity contribution is 5.56. The molecule has 5 aromatic rings. The summed E-state index contributed by atoms with van der Waals surface area (Å²) in [5, 5.41) is 4.24. The highest BCUT2D eigenvalue weighted by atomic mass is 15.1. The van der Waals surface area contributed by atoms with Crippen LogP contribution in [-0.4, -0.2) is 24.5 Å². The normalized spacial score (nSPS) is 12.4. The lowest BCUT2D eigenvalue weighted by molar-refractivity contribution is 0.927. The van der Waals surface area contributed by atoms with Crippen molar-refractivity contribution in [1.82, 2.24) is 24.5 Å². The van der Waals surface area contributed by atoms with Crippen molar-refractivity contribution in [2.45, 2.75) is 6.92 Å². The lowest BCUT2D eigenvalue weighted by Gasteiger charge is -2.07. The number of pyridine rings is 1. The van der Waals surface area contributed by atoms with E-state index in [1.807, 2.05) is 12.3 Å². The molecule has 150 valence electrons. The second kappa shape index (κ2) is 6.92. The number of hydrogen-bond donors (Lipinski definition) is 3. The van der Waals surface area contributed by atoms with E-state index in [0.717, 1.165) is 55.6 Å². The Balaban J connectivity index is 1.68. The molecule has 5 aromatic heterocycles. The van der Waals surface area contributed by atoms with E-state index in [2.05, 4.69) is 110 Å². The largest absolute Gasteiger partial charge is 0.355 e. The van der Waals surface area contributed by atoms with Crippen molar-refractivity contribution in [2.24, 2.45) is 0 Å². The fraction of sp³-hybridized carbons (Fsp3) is 0.0385. The Morgan fingerprint density at radius 3 is 1.71 bits per heavy atom. The van der Waals surface area contributed by atoms with Crippen LogP contribution in [0, 0.1) is 6.92 Å². The van der Waals surface area contributed by atoms with E-state index in [0.29, 0.717) is 0 Å². The first-order chi connectivity index (χ1) is 15.2. The van der Waals surface area contributed by atoms with Gasteiger partial charge in [-0.3, -0.25) is 4.57 Å². The van der Waals surface area contributed by atoms with Crippen molar-refractivity contribution in [1.29, 1.82) is 0 Å². The van der Waals surface area contributed by atoms with Crippen molar-refractivity contribution >= 4 is 24.3 Å². The van der Waals surface area contributed by atoms with Crippen LogP contribution in [0.3, 0.4) is 0 Å². The van der Waals surface area contributed by atoms with Gasteiger partial charge < -0.3 is 15.0 Å². The van der Waals surface area contributed by atoms with E-state index < -0.39 is 0 Å². The molecular formula is C26H21N5. The van der Waals surface area contributed by atoms with Gasteiger partial charge in [-0.25, -0.2) is 4.98 Å². The van der Waals surface area contributed by atoms with Gasteiger partial charge in [-0.05, 0) is 91.4 Å². The zero-order valence-corrected chi connectivity index (χ0v) is 17.1. The second-order valence-electron chi connectivity index (χ2n) is 7.85. The maximum atomic E-state index is 4.69. The molecule has 31 heavy (non-hydrogen) atoms. The molecule has 0 aromatic carbocycles. The summed E-state index contributed by atoms with van der Waals surface area (Å²) in [5.41, 5.74) is 5.30. The van der Waals surface area contributed by atoms with E-state index in [1.165, 1.54) is 0 Å². The zero-order valence-electron chi connectivity index (χ0n) is 17.1. The monoisotopic (exact) mass is 403 g/mol. The van der Waals surface area contributed by atoms with Gasteiger partial charge in [0, 0.05) is 50.4 Å². The molecular weight excluding hydrogens is 382 g/mol. The lowest BCUT2D eigenvalue weighted by atomic mass is 10.3. The second-order valence-corrected chi connectivity index (χ2v) is 7.85. The molecule has 0 aliphatic carbocycles. The van der Waals surface area contributed by atoms with Gasteiger partial charge >= 0.3 is 0 Å². The molecule has 5 heteroatoms. The molecule has 0 radical (unpaired) electrons. The third kappa shape index (κ3) is 3.26. The Kier molecular flexibility index (Phi) is 3.93. The summed E-state index contributed by atoms with van der Waals surface area (Å²) in [6, 6.07) is 20.9. The number of fused-ring (bicyclic) bond motifs is 8. The minimum Gasteiger partial charge on any atom is -0.355 e. The van der Waals surface area contributed by atoms with Crippen LogP contribution in [-0.2, 0) is 0 Å². The molecule has 0 unspecified atom stereocenters. The Hall–Kier alpha value is -4.25. The third-order valence-electron chi connectivity index (χ3n) is 5.56. The zero-order chi connectivity index (χ0) is 20.8. The van der Waals surface area contributed by atoms with E-state index in [9.17, 15) is 0 Å². The first kappa shape index (κ1) is 17.6. The van der Waals surface area contributed by atoms with Gasteiger partial charge in [0.05, 0.1) is 0 Å². The van der Waals surface area contributed by atoms with E-state index in [4.69, 9.17) is 0 Å². The lowest BCUT2D eigenvalue weighted by Crippen LogP contribution is -2.26. The van der Waals surface area contributed by atoms with Crippen molar-refractivity contribution in [3.8, 4) is 5.82 Å². The number of aromatic nitrogens is 5. The summed E-state index contributed by atoms with van der Waals surface area (Å²) in [6.45, 7) is 2.09. The summed E-state index contributed by atoms with van der Waals surface area (Å²) < 4.78 is 2.20. The van der Waals surface area contributed by atoms with Crippen molar-refractivity contribution in [3.05, 3.63) is 117 Å². The molecule has 1 aliphatic heterocycles. The molecule has 0 amide bonds. The first-order valence-corrected chi connectivity index (χ1v) is 10.3. The van der Waals surface area contributed by atoms with Gasteiger partial charge in [0.15, 0.2) is 0 Å². The van der Waals surface area contributed by atoms with E-state index in [1.54, 1.807) is 0 Å². The molecule has 0 spiro atoms. The average molecular weight is 403 g/mol. The number of hydrogen-bond acceptors (Lipinski definition) is 1. The molecule has 5 nitrogen and oxygen atoms in total. The summed E-state index contributed by atoms with van der Waals surface area (Å²) in [7, 11) is 0. The molecule has 6 heterocycles. The summed E-state index contributed by atoms with van der Waals surface area (Å²) in [5.74, 6) is 0.931. The molecule has 0 atom stereocenters. The highest BCUT2D eigenvalue weighted by Gasteiger charge is 2.07. The van der Waals surface area contributed by atoms with Crippen LogP contribution in [0.5, 0.6) is 0 Å². The maximum Gasteiger partial charge on any atom is 0.140 e. The van der Waals surface area contributed by atoms with Gasteiger partial charge in [0.25, 0.3) is 0 Å². The fourth-order valence-electron chi connectivity index (χ4n) is 4.10. The topological polar surface area (TPSA) is 65.2 Å². The van der Waals surface area contributed by atoms with Gasteiger partial charge in [-0.15, -0.1) is 0 Å². The highest BCUT2D eigenvalue weighted by Crippen LogP contribution is 2.09. The van der Waals surface area contributed by atoms with Gasteiger partial charge in [0.1, 0.15) is 5.82 Å². The van der Waals surface area contributed by atoms with Crippen LogP contribution in [0.2, 0.25) is 0 Å². The molecule has 6 rings (SSSR count). The predicted octanol–water partition coefficient (Wildman–Crippen LogP) is 1.79. The molecule has 3 N–H and O–H groups in total. The average Bonchev–Trinajstić information content (AvgIpc) is 3.54. The SMILES string of the molecule is Cc1cccnc1-n1c2ccc1=Cc1ccc([nH]1)C=c1ccc([nH]1)=Cc1ccc([nH]1)C=2. The number of aryl methyl sites for hydroxylation is 1. The van der Waals surface area contributed by atoms with E-state index >= 15 is 0 Å². The Bertz CT molecular complexity index is 1550. The first-order valence-electron chi connectivity index (χ1n) is 10.3. The number of rotatable bonds is 1. The molecule has 0 saturated heterocycles. The van der Waals surface area contributed by atoms with Crippen LogP contribution in [0.1, 0.15) is 28.3 Å².